The summed E-state index contributed by atoms with van der Waals surface area (Å²) in [5.74, 6) is 0.0917. The van der Waals surface area contributed by atoms with E-state index in [1.54, 1.807) is 19.1 Å². The van der Waals surface area contributed by atoms with Gasteiger partial charge in [0.25, 0.3) is 0 Å². The van der Waals surface area contributed by atoms with Crippen molar-refractivity contribution in [2.24, 2.45) is 5.73 Å². The van der Waals surface area contributed by atoms with Crippen LogP contribution in [0.3, 0.4) is 0 Å². The molecule has 0 saturated heterocycles. The molecule has 5 heteroatoms. The number of benzene rings is 1. The number of carbonyl (C=O) groups is 1. The quantitative estimate of drug-likeness (QED) is 0.864. The lowest BCUT2D eigenvalue weighted by Gasteiger charge is -2.10. The van der Waals surface area contributed by atoms with Crippen molar-refractivity contribution in [2.75, 3.05) is 5.75 Å². The van der Waals surface area contributed by atoms with E-state index in [1.165, 1.54) is 19.1 Å². The lowest BCUT2D eigenvalue weighted by Crippen LogP contribution is -2.14. The van der Waals surface area contributed by atoms with Crippen molar-refractivity contribution in [1.29, 1.82) is 0 Å². The maximum Gasteiger partial charge on any atom is 0.178 e. The number of carbonyl (C=O) groups excluding carboxylic acids is 1. The molecule has 0 aliphatic heterocycles. The van der Waals surface area contributed by atoms with E-state index in [2.05, 4.69) is 0 Å². The largest absolute Gasteiger partial charge is 0.324 e. The summed E-state index contributed by atoms with van der Waals surface area (Å²) in [7, 11) is -3.17. The van der Waals surface area contributed by atoms with Crippen molar-refractivity contribution >= 4 is 15.6 Å². The van der Waals surface area contributed by atoms with E-state index in [1.807, 2.05) is 0 Å². The van der Waals surface area contributed by atoms with E-state index in [-0.39, 0.29) is 24.0 Å². The minimum absolute atomic E-state index is 0.0164. The Kier molecular flexibility index (Phi) is 4.42. The summed E-state index contributed by atoms with van der Waals surface area (Å²) in [6.45, 7) is 3.08. The van der Waals surface area contributed by atoms with Gasteiger partial charge in [-0.05, 0) is 24.6 Å². The molecule has 0 aromatic heterocycles. The molecule has 0 aliphatic rings. The summed E-state index contributed by atoms with van der Waals surface area (Å²) in [6.07, 6.45) is 0.264. The molecule has 0 heterocycles. The lowest BCUT2D eigenvalue weighted by atomic mass is 10.0. The van der Waals surface area contributed by atoms with Gasteiger partial charge < -0.3 is 5.73 Å². The van der Waals surface area contributed by atoms with Gasteiger partial charge in [0.05, 0.1) is 10.6 Å². The van der Waals surface area contributed by atoms with Gasteiger partial charge in [-0.1, -0.05) is 19.1 Å². The molecule has 4 nitrogen and oxygen atoms in total. The summed E-state index contributed by atoms with van der Waals surface area (Å²) < 4.78 is 23.1. The van der Waals surface area contributed by atoms with Crippen molar-refractivity contribution in [1.82, 2.24) is 0 Å². The molecule has 0 amide bonds. The topological polar surface area (TPSA) is 77.2 Å². The number of Topliss-reactive ketones (excluding diaryl/α,β-unsaturated/α-hetero) is 1. The maximum absolute atomic E-state index is 11.6. The van der Waals surface area contributed by atoms with Crippen LogP contribution in [0.15, 0.2) is 29.2 Å². The molecule has 94 valence electrons. The number of ketones is 1. The van der Waals surface area contributed by atoms with Gasteiger partial charge >= 0.3 is 0 Å². The zero-order chi connectivity index (χ0) is 13.1. The van der Waals surface area contributed by atoms with E-state index in [9.17, 15) is 13.2 Å². The molecule has 1 rings (SSSR count). The predicted molar refractivity (Wildman–Crippen MR) is 66.4 cm³/mol. The molecular formula is C12H17NO3S. The number of hydrogen-bond donors (Lipinski definition) is 1. The van der Waals surface area contributed by atoms with Crippen LogP contribution in [0.4, 0.5) is 0 Å². The van der Waals surface area contributed by atoms with E-state index in [4.69, 9.17) is 5.73 Å². The predicted octanol–water partition coefficient (Wildman–Crippen LogP) is 1.46. The van der Waals surface area contributed by atoms with E-state index in [0.717, 1.165) is 5.56 Å². The molecule has 1 aromatic carbocycles. The minimum atomic E-state index is -3.17. The fraction of sp³-hybridized carbons (Fsp3) is 0.417. The summed E-state index contributed by atoms with van der Waals surface area (Å²) in [4.78, 5) is 11.2. The average Bonchev–Trinajstić information content (AvgIpc) is 2.28. The van der Waals surface area contributed by atoms with Gasteiger partial charge in [-0.25, -0.2) is 8.42 Å². The fourth-order valence-electron chi connectivity index (χ4n) is 1.52. The maximum atomic E-state index is 11.6. The monoisotopic (exact) mass is 255 g/mol. The van der Waals surface area contributed by atoms with Crippen LogP contribution in [0.5, 0.6) is 0 Å². The molecule has 0 aliphatic carbocycles. The van der Waals surface area contributed by atoms with Crippen molar-refractivity contribution in [3.05, 3.63) is 29.8 Å². The normalized spacial score (nSPS) is 13.4. The van der Waals surface area contributed by atoms with E-state index < -0.39 is 9.84 Å². The first-order chi connectivity index (χ1) is 7.86. The molecule has 0 radical (unpaired) electrons. The Morgan fingerprint density at radius 3 is 2.24 bits per heavy atom. The second-order valence-corrected chi connectivity index (χ2v) is 6.26. The Morgan fingerprint density at radius 1 is 1.29 bits per heavy atom. The molecule has 1 aromatic rings. The van der Waals surface area contributed by atoms with Crippen LogP contribution < -0.4 is 5.73 Å². The van der Waals surface area contributed by atoms with Crippen LogP contribution >= 0.6 is 0 Å². The van der Waals surface area contributed by atoms with Crippen LogP contribution in [0.25, 0.3) is 0 Å². The first-order valence-electron chi connectivity index (χ1n) is 5.44. The van der Waals surface area contributed by atoms with E-state index in [0.29, 0.717) is 4.90 Å². The van der Waals surface area contributed by atoms with Gasteiger partial charge in [-0.3, -0.25) is 4.79 Å². The molecule has 0 saturated carbocycles. The van der Waals surface area contributed by atoms with Crippen LogP contribution in [0.2, 0.25) is 0 Å². The van der Waals surface area contributed by atoms with Gasteiger partial charge in [-0.2, -0.15) is 0 Å². The minimum Gasteiger partial charge on any atom is -0.324 e. The van der Waals surface area contributed by atoms with Gasteiger partial charge in [0.2, 0.25) is 0 Å². The standard InChI is InChI=1S/C12H17NO3S/c1-3-17(15,16)11-6-4-10(5-7-11)12(13)8-9(2)14/h4-7,12H,3,8,13H2,1-2H3. The first-order valence-corrected chi connectivity index (χ1v) is 7.09. The molecular weight excluding hydrogens is 238 g/mol. The lowest BCUT2D eigenvalue weighted by molar-refractivity contribution is -0.117. The highest BCUT2D eigenvalue weighted by atomic mass is 32.2. The summed E-state index contributed by atoms with van der Waals surface area (Å²) >= 11 is 0. The van der Waals surface area contributed by atoms with Crippen molar-refractivity contribution in [3.63, 3.8) is 0 Å². The fourth-order valence-corrected chi connectivity index (χ4v) is 2.40. The Bertz CT molecular complexity index is 491. The Morgan fingerprint density at radius 2 is 1.82 bits per heavy atom. The first kappa shape index (κ1) is 13.9. The highest BCUT2D eigenvalue weighted by Crippen LogP contribution is 2.18. The average molecular weight is 255 g/mol. The van der Waals surface area contributed by atoms with Gasteiger partial charge in [0.1, 0.15) is 5.78 Å². The summed E-state index contributed by atoms with van der Waals surface area (Å²) in [5, 5.41) is 0. The molecule has 1 atom stereocenters. The number of nitrogens with two attached hydrogens (primary N) is 1. The third-order valence-corrected chi connectivity index (χ3v) is 4.31. The molecule has 1 unspecified atom stereocenters. The zero-order valence-electron chi connectivity index (χ0n) is 10.0. The van der Waals surface area contributed by atoms with Crippen LogP contribution in [-0.2, 0) is 14.6 Å². The highest BCUT2D eigenvalue weighted by molar-refractivity contribution is 7.91. The van der Waals surface area contributed by atoms with Crippen LogP contribution in [-0.4, -0.2) is 20.0 Å². The Labute approximate surface area is 102 Å². The van der Waals surface area contributed by atoms with Gasteiger partial charge in [-0.15, -0.1) is 0 Å². The van der Waals surface area contributed by atoms with Crippen molar-refractivity contribution < 1.29 is 13.2 Å². The van der Waals surface area contributed by atoms with Gasteiger partial charge in [0, 0.05) is 12.5 Å². The Hall–Kier alpha value is -1.20. The van der Waals surface area contributed by atoms with Gasteiger partial charge in [0.15, 0.2) is 9.84 Å². The van der Waals surface area contributed by atoms with Crippen molar-refractivity contribution in [2.45, 2.75) is 31.2 Å². The smallest absolute Gasteiger partial charge is 0.178 e. The molecule has 0 spiro atoms. The second kappa shape index (κ2) is 5.42. The van der Waals surface area contributed by atoms with Crippen LogP contribution in [0, 0.1) is 0 Å². The highest BCUT2D eigenvalue weighted by Gasteiger charge is 2.13. The Balaban J connectivity index is 2.92. The molecule has 17 heavy (non-hydrogen) atoms. The zero-order valence-corrected chi connectivity index (χ0v) is 10.8. The molecule has 0 bridgehead atoms. The van der Waals surface area contributed by atoms with Crippen LogP contribution in [0.1, 0.15) is 31.9 Å². The number of rotatable bonds is 5. The molecule has 0 fully saturated rings. The third-order valence-electron chi connectivity index (χ3n) is 2.55. The summed E-state index contributed by atoms with van der Waals surface area (Å²) in [6, 6.07) is 6.03. The van der Waals surface area contributed by atoms with Crippen molar-refractivity contribution in [3.8, 4) is 0 Å². The SMILES string of the molecule is CCS(=O)(=O)c1ccc(C(N)CC(C)=O)cc1. The third kappa shape index (κ3) is 3.64. The summed E-state index contributed by atoms with van der Waals surface area (Å²) in [5.41, 5.74) is 6.59. The second-order valence-electron chi connectivity index (χ2n) is 3.99. The number of hydrogen-bond acceptors (Lipinski definition) is 4. The molecule has 2 N–H and O–H groups in total. The number of sulfone groups is 1. The van der Waals surface area contributed by atoms with E-state index >= 15 is 0 Å².